The van der Waals surface area contributed by atoms with Crippen molar-refractivity contribution in [2.24, 2.45) is 5.10 Å². The number of hydrogen-bond acceptors (Lipinski definition) is 5. The minimum atomic E-state index is -0.374. The zero-order chi connectivity index (χ0) is 18.4. The predicted molar refractivity (Wildman–Crippen MR) is 96.5 cm³/mol. The van der Waals surface area contributed by atoms with E-state index in [-0.39, 0.29) is 11.3 Å². The molecule has 134 valence electrons. The van der Waals surface area contributed by atoms with Crippen LogP contribution in [-0.4, -0.2) is 36.0 Å². The van der Waals surface area contributed by atoms with Crippen LogP contribution in [0.25, 0.3) is 0 Å². The van der Waals surface area contributed by atoms with Gasteiger partial charge in [0.2, 0.25) is 0 Å². The van der Waals surface area contributed by atoms with E-state index >= 15 is 0 Å². The molecule has 2 rings (SSSR count). The Morgan fingerprint density at radius 3 is 2.68 bits per heavy atom. The largest absolute Gasteiger partial charge is 0.493 e. The lowest BCUT2D eigenvalue weighted by Gasteiger charge is -2.14. The number of carbonyl (C=O) groups is 1. The number of hydrogen-bond donors (Lipinski definition) is 2. The van der Waals surface area contributed by atoms with Crippen LogP contribution in [0.2, 0.25) is 0 Å². The maximum Gasteiger partial charge on any atom is 0.291 e. The zero-order valence-electron chi connectivity index (χ0n) is 15.2. The van der Waals surface area contributed by atoms with Crippen LogP contribution in [0.15, 0.2) is 29.4 Å². The van der Waals surface area contributed by atoms with Crippen molar-refractivity contribution in [1.29, 1.82) is 0 Å². The molecule has 0 saturated carbocycles. The van der Waals surface area contributed by atoms with Gasteiger partial charge in [-0.3, -0.25) is 9.89 Å². The number of ether oxygens (including phenoxy) is 2. The Bertz CT molecular complexity index is 760. The number of amides is 1. The monoisotopic (exact) mass is 344 g/mol. The number of aromatic nitrogens is 2. The maximum absolute atomic E-state index is 12.1. The molecule has 0 aliphatic carbocycles. The van der Waals surface area contributed by atoms with Crippen LogP contribution in [-0.2, 0) is 5.41 Å². The van der Waals surface area contributed by atoms with Crippen molar-refractivity contribution in [2.75, 3.05) is 13.7 Å². The van der Waals surface area contributed by atoms with E-state index in [0.717, 1.165) is 11.3 Å². The number of rotatable bonds is 6. The molecule has 1 aromatic heterocycles. The molecule has 2 aromatic rings. The van der Waals surface area contributed by atoms with Crippen molar-refractivity contribution < 1.29 is 14.3 Å². The molecule has 1 aromatic carbocycles. The molecule has 1 heterocycles. The van der Waals surface area contributed by atoms with Gasteiger partial charge in [-0.2, -0.15) is 10.2 Å². The van der Waals surface area contributed by atoms with Gasteiger partial charge in [-0.15, -0.1) is 0 Å². The van der Waals surface area contributed by atoms with Gasteiger partial charge in [0.25, 0.3) is 5.91 Å². The van der Waals surface area contributed by atoms with E-state index in [2.05, 4.69) is 20.7 Å². The van der Waals surface area contributed by atoms with Crippen LogP contribution >= 0.6 is 0 Å². The molecule has 0 bridgehead atoms. The lowest BCUT2D eigenvalue weighted by molar-refractivity contribution is 0.0950. The zero-order valence-corrected chi connectivity index (χ0v) is 15.2. The van der Waals surface area contributed by atoms with E-state index in [0.29, 0.717) is 23.8 Å². The van der Waals surface area contributed by atoms with Crippen LogP contribution < -0.4 is 14.9 Å². The average Bonchev–Trinajstić information content (AvgIpc) is 3.06. The summed E-state index contributed by atoms with van der Waals surface area (Å²) >= 11 is 0. The van der Waals surface area contributed by atoms with Crippen molar-refractivity contribution in [1.82, 2.24) is 15.6 Å². The molecule has 0 atom stereocenters. The number of nitrogens with one attached hydrogen (secondary N) is 2. The molecule has 0 aliphatic rings. The molecule has 7 heteroatoms. The van der Waals surface area contributed by atoms with Crippen molar-refractivity contribution in [2.45, 2.75) is 33.1 Å². The van der Waals surface area contributed by atoms with Gasteiger partial charge >= 0.3 is 0 Å². The normalized spacial score (nSPS) is 11.6. The topological polar surface area (TPSA) is 88.6 Å². The second kappa shape index (κ2) is 7.83. The SMILES string of the molecule is CCOc1ccc(/C=N\NC(=O)c2cc(C(C)(C)C)[nH]n2)cc1OC. The summed E-state index contributed by atoms with van der Waals surface area (Å²) < 4.78 is 10.7. The second-order valence-corrected chi connectivity index (χ2v) is 6.46. The molecule has 0 unspecified atom stereocenters. The lowest BCUT2D eigenvalue weighted by atomic mass is 9.92. The summed E-state index contributed by atoms with van der Waals surface area (Å²) in [5, 5.41) is 10.9. The quantitative estimate of drug-likeness (QED) is 0.623. The molecule has 1 amide bonds. The third kappa shape index (κ3) is 4.82. The van der Waals surface area contributed by atoms with E-state index < -0.39 is 0 Å². The van der Waals surface area contributed by atoms with Crippen molar-refractivity contribution in [3.05, 3.63) is 41.2 Å². The summed E-state index contributed by atoms with van der Waals surface area (Å²) in [7, 11) is 1.57. The Balaban J connectivity index is 2.03. The Morgan fingerprint density at radius 1 is 1.32 bits per heavy atom. The first-order valence-electron chi connectivity index (χ1n) is 8.05. The summed E-state index contributed by atoms with van der Waals surface area (Å²) in [6.07, 6.45) is 1.54. The summed E-state index contributed by atoms with van der Waals surface area (Å²) in [6.45, 7) is 8.59. The highest BCUT2D eigenvalue weighted by atomic mass is 16.5. The lowest BCUT2D eigenvalue weighted by Crippen LogP contribution is -2.18. The fourth-order valence-corrected chi connectivity index (χ4v) is 2.08. The fourth-order valence-electron chi connectivity index (χ4n) is 2.08. The molecule has 0 saturated heterocycles. The molecule has 2 N–H and O–H groups in total. The van der Waals surface area contributed by atoms with E-state index in [1.54, 1.807) is 25.3 Å². The van der Waals surface area contributed by atoms with Gasteiger partial charge in [0.05, 0.1) is 19.9 Å². The van der Waals surface area contributed by atoms with Gasteiger partial charge in [-0.25, -0.2) is 5.43 Å². The van der Waals surface area contributed by atoms with Gasteiger partial charge in [0, 0.05) is 11.1 Å². The number of hydrazone groups is 1. The number of nitrogens with zero attached hydrogens (tertiary/aromatic N) is 2. The van der Waals surface area contributed by atoms with Gasteiger partial charge in [0.15, 0.2) is 17.2 Å². The van der Waals surface area contributed by atoms with Crippen LogP contribution in [0, 0.1) is 0 Å². The number of methoxy groups -OCH3 is 1. The number of benzene rings is 1. The van der Waals surface area contributed by atoms with E-state index in [9.17, 15) is 4.79 Å². The molecule has 25 heavy (non-hydrogen) atoms. The summed E-state index contributed by atoms with van der Waals surface area (Å²) in [4.78, 5) is 12.1. The number of carbonyl (C=O) groups excluding carboxylic acids is 1. The second-order valence-electron chi connectivity index (χ2n) is 6.46. The van der Waals surface area contributed by atoms with Gasteiger partial charge in [-0.05, 0) is 36.8 Å². The molecule has 0 aliphatic heterocycles. The Kier molecular flexibility index (Phi) is 5.80. The summed E-state index contributed by atoms with van der Waals surface area (Å²) in [6, 6.07) is 7.14. The van der Waals surface area contributed by atoms with Crippen molar-refractivity contribution in [3.63, 3.8) is 0 Å². The van der Waals surface area contributed by atoms with Crippen LogP contribution in [0.3, 0.4) is 0 Å². The Labute approximate surface area is 147 Å². The first-order valence-corrected chi connectivity index (χ1v) is 8.05. The van der Waals surface area contributed by atoms with E-state index in [4.69, 9.17) is 9.47 Å². The molecule has 0 fully saturated rings. The van der Waals surface area contributed by atoms with Crippen LogP contribution in [0.1, 0.15) is 49.4 Å². The molecule has 7 nitrogen and oxygen atoms in total. The molecular weight excluding hydrogens is 320 g/mol. The Hall–Kier alpha value is -2.83. The highest BCUT2D eigenvalue weighted by Crippen LogP contribution is 2.27. The minimum absolute atomic E-state index is 0.104. The van der Waals surface area contributed by atoms with Crippen molar-refractivity contribution in [3.8, 4) is 11.5 Å². The fraction of sp³-hybridized carbons (Fsp3) is 0.389. The smallest absolute Gasteiger partial charge is 0.291 e. The predicted octanol–water partition coefficient (Wildman–Crippen LogP) is 2.88. The Morgan fingerprint density at radius 2 is 2.08 bits per heavy atom. The first-order chi connectivity index (χ1) is 11.8. The molecule has 0 radical (unpaired) electrons. The van der Waals surface area contributed by atoms with E-state index in [1.165, 1.54) is 6.21 Å². The standard InChI is InChI=1S/C18H24N4O3/c1-6-25-14-8-7-12(9-15(14)24-5)11-19-22-17(23)13-10-16(21-20-13)18(2,3)4/h7-11H,6H2,1-5H3,(H,20,21)(H,22,23)/b19-11-. The maximum atomic E-state index is 12.1. The summed E-state index contributed by atoms with van der Waals surface area (Å²) in [5.41, 5.74) is 4.32. The third-order valence-corrected chi connectivity index (χ3v) is 3.49. The van der Waals surface area contributed by atoms with Gasteiger partial charge in [0.1, 0.15) is 0 Å². The first kappa shape index (κ1) is 18.5. The third-order valence-electron chi connectivity index (χ3n) is 3.49. The number of aromatic amines is 1. The van der Waals surface area contributed by atoms with Crippen LogP contribution in [0.5, 0.6) is 11.5 Å². The molecule has 0 spiro atoms. The minimum Gasteiger partial charge on any atom is -0.493 e. The van der Waals surface area contributed by atoms with Gasteiger partial charge in [-0.1, -0.05) is 20.8 Å². The average molecular weight is 344 g/mol. The summed E-state index contributed by atoms with van der Waals surface area (Å²) in [5.74, 6) is 0.901. The highest BCUT2D eigenvalue weighted by Gasteiger charge is 2.19. The van der Waals surface area contributed by atoms with Gasteiger partial charge < -0.3 is 9.47 Å². The van der Waals surface area contributed by atoms with Crippen LogP contribution in [0.4, 0.5) is 0 Å². The van der Waals surface area contributed by atoms with E-state index in [1.807, 2.05) is 33.8 Å². The van der Waals surface area contributed by atoms with Crippen molar-refractivity contribution >= 4 is 12.1 Å². The number of H-pyrrole nitrogens is 1. The molecular formula is C18H24N4O3. The highest BCUT2D eigenvalue weighted by molar-refractivity contribution is 5.93.